The number of nitrogens with one attached hydrogen (secondary N) is 2. The Morgan fingerprint density at radius 3 is 2.44 bits per heavy atom. The van der Waals surface area contributed by atoms with Gasteiger partial charge in [-0.2, -0.15) is 5.26 Å². The van der Waals surface area contributed by atoms with Gasteiger partial charge in [-0.3, -0.25) is 9.59 Å². The molecule has 3 aromatic rings. The van der Waals surface area contributed by atoms with Crippen molar-refractivity contribution in [3.05, 3.63) is 93.5 Å². The van der Waals surface area contributed by atoms with E-state index in [2.05, 4.69) is 10.6 Å². The summed E-state index contributed by atoms with van der Waals surface area (Å²) in [5.74, 6) is -0.517. The van der Waals surface area contributed by atoms with E-state index in [0.29, 0.717) is 17.0 Å². The van der Waals surface area contributed by atoms with Crippen LogP contribution < -0.4 is 15.4 Å². The minimum absolute atomic E-state index is 0.0703. The van der Waals surface area contributed by atoms with E-state index in [1.807, 2.05) is 63.2 Å². The number of ether oxygens (including phenoxy) is 1. The molecule has 34 heavy (non-hydrogen) atoms. The van der Waals surface area contributed by atoms with E-state index >= 15 is 0 Å². The number of nitriles is 1. The Kier molecular flexibility index (Phi) is 8.07. The third kappa shape index (κ3) is 6.71. The fourth-order valence-corrected chi connectivity index (χ4v) is 3.49. The van der Waals surface area contributed by atoms with Gasteiger partial charge < -0.3 is 15.4 Å². The van der Waals surface area contributed by atoms with Crippen LogP contribution in [0.1, 0.15) is 22.3 Å². The third-order valence-electron chi connectivity index (χ3n) is 4.92. The molecule has 3 rings (SSSR count). The second-order valence-corrected chi connectivity index (χ2v) is 8.25. The summed E-state index contributed by atoms with van der Waals surface area (Å²) in [7, 11) is 0. The number of nitrogens with zero attached hydrogens (tertiary/aromatic N) is 1. The predicted octanol–water partition coefficient (Wildman–Crippen LogP) is 5.83. The normalized spacial score (nSPS) is 10.9. The predicted molar refractivity (Wildman–Crippen MR) is 135 cm³/mol. The highest BCUT2D eigenvalue weighted by molar-refractivity contribution is 6.32. The summed E-state index contributed by atoms with van der Waals surface area (Å²) >= 11 is 6.30. The standard InChI is InChI=1S/C27H24ClN3O3/c1-17-5-4-6-22(12-17)30-27(33)21(15-29)13-20-8-10-25(23(28)14-20)34-16-26(32)31-24-9-7-18(2)11-19(24)3/h4-14H,16H2,1-3H3,(H,30,33)(H,31,32)/b21-13+. The van der Waals surface area contributed by atoms with Gasteiger partial charge in [-0.05, 0) is 73.9 Å². The molecule has 0 atom stereocenters. The van der Waals surface area contributed by atoms with Gasteiger partial charge in [0.05, 0.1) is 5.02 Å². The first-order valence-electron chi connectivity index (χ1n) is 10.5. The maximum Gasteiger partial charge on any atom is 0.266 e. The molecule has 0 radical (unpaired) electrons. The second-order valence-electron chi connectivity index (χ2n) is 7.84. The average molecular weight is 474 g/mol. The summed E-state index contributed by atoms with van der Waals surface area (Å²) in [6.07, 6.45) is 1.44. The van der Waals surface area contributed by atoms with Crippen molar-refractivity contribution in [2.75, 3.05) is 17.2 Å². The minimum Gasteiger partial charge on any atom is -0.482 e. The van der Waals surface area contributed by atoms with Gasteiger partial charge in [0.2, 0.25) is 0 Å². The smallest absolute Gasteiger partial charge is 0.266 e. The van der Waals surface area contributed by atoms with Gasteiger partial charge in [0, 0.05) is 11.4 Å². The van der Waals surface area contributed by atoms with E-state index in [9.17, 15) is 14.9 Å². The lowest BCUT2D eigenvalue weighted by Gasteiger charge is -2.11. The molecule has 0 unspecified atom stereocenters. The van der Waals surface area contributed by atoms with Crippen molar-refractivity contribution in [2.24, 2.45) is 0 Å². The van der Waals surface area contributed by atoms with E-state index in [0.717, 1.165) is 22.4 Å². The first-order chi connectivity index (χ1) is 16.2. The molecule has 2 N–H and O–H groups in total. The number of amides is 2. The number of hydrogen-bond donors (Lipinski definition) is 2. The molecule has 0 bridgehead atoms. The SMILES string of the molecule is Cc1cccc(NC(=O)/C(C#N)=C/c2ccc(OCC(=O)Nc3ccc(C)cc3C)c(Cl)c2)c1. The number of aryl methyl sites for hydroxylation is 3. The molecule has 0 aromatic heterocycles. The number of rotatable bonds is 7. The lowest BCUT2D eigenvalue weighted by molar-refractivity contribution is -0.118. The Hall–Kier alpha value is -4.08. The highest BCUT2D eigenvalue weighted by atomic mass is 35.5. The van der Waals surface area contributed by atoms with Crippen LogP contribution in [0.5, 0.6) is 5.75 Å². The summed E-state index contributed by atoms with van der Waals surface area (Å²) in [5, 5.41) is 15.2. The fourth-order valence-electron chi connectivity index (χ4n) is 3.24. The van der Waals surface area contributed by atoms with Crippen molar-refractivity contribution in [3.63, 3.8) is 0 Å². The fraction of sp³-hybridized carbons (Fsp3) is 0.148. The van der Waals surface area contributed by atoms with Crippen LogP contribution in [-0.4, -0.2) is 18.4 Å². The number of carbonyl (C=O) groups excluding carboxylic acids is 2. The molecule has 0 saturated carbocycles. The van der Waals surface area contributed by atoms with Crippen LogP contribution in [0.15, 0.2) is 66.2 Å². The molecule has 0 saturated heterocycles. The summed E-state index contributed by atoms with van der Waals surface area (Å²) in [6.45, 7) is 5.60. The average Bonchev–Trinajstić information content (AvgIpc) is 2.78. The van der Waals surface area contributed by atoms with Crippen LogP contribution in [-0.2, 0) is 9.59 Å². The van der Waals surface area contributed by atoms with Crippen molar-refractivity contribution in [1.29, 1.82) is 5.26 Å². The molecule has 2 amide bonds. The minimum atomic E-state index is -0.521. The highest BCUT2D eigenvalue weighted by Crippen LogP contribution is 2.27. The van der Waals surface area contributed by atoms with Crippen LogP contribution in [0.3, 0.4) is 0 Å². The molecule has 0 aliphatic rings. The van der Waals surface area contributed by atoms with Crippen LogP contribution >= 0.6 is 11.6 Å². The van der Waals surface area contributed by atoms with Gasteiger partial charge in [0.15, 0.2) is 6.61 Å². The molecule has 0 aliphatic carbocycles. The van der Waals surface area contributed by atoms with Crippen molar-refractivity contribution in [2.45, 2.75) is 20.8 Å². The van der Waals surface area contributed by atoms with E-state index in [1.54, 1.807) is 24.3 Å². The molecule has 172 valence electrons. The molecular formula is C27H24ClN3O3. The Labute approximate surface area is 203 Å². The van der Waals surface area contributed by atoms with Gasteiger partial charge in [-0.25, -0.2) is 0 Å². The number of benzene rings is 3. The number of carbonyl (C=O) groups is 2. The third-order valence-corrected chi connectivity index (χ3v) is 5.22. The van der Waals surface area contributed by atoms with Crippen LogP contribution in [0.2, 0.25) is 5.02 Å². The number of anilines is 2. The summed E-state index contributed by atoms with van der Waals surface area (Å²) in [5.41, 5.74) is 4.87. The first kappa shape index (κ1) is 24.6. The van der Waals surface area contributed by atoms with Crippen LogP contribution in [0.4, 0.5) is 11.4 Å². The van der Waals surface area contributed by atoms with Crippen LogP contribution in [0.25, 0.3) is 6.08 Å². The highest BCUT2D eigenvalue weighted by Gasteiger charge is 2.12. The van der Waals surface area contributed by atoms with Gasteiger partial charge in [-0.15, -0.1) is 0 Å². The first-order valence-corrected chi connectivity index (χ1v) is 10.9. The van der Waals surface area contributed by atoms with E-state index in [1.165, 1.54) is 6.08 Å². The molecule has 3 aromatic carbocycles. The van der Waals surface area contributed by atoms with E-state index in [-0.39, 0.29) is 23.1 Å². The largest absolute Gasteiger partial charge is 0.482 e. The molecule has 0 aliphatic heterocycles. The molecule has 0 spiro atoms. The monoisotopic (exact) mass is 473 g/mol. The van der Waals surface area contributed by atoms with Gasteiger partial charge in [-0.1, -0.05) is 47.5 Å². The summed E-state index contributed by atoms with van der Waals surface area (Å²) in [4.78, 5) is 24.7. The summed E-state index contributed by atoms with van der Waals surface area (Å²) < 4.78 is 5.55. The number of hydrogen-bond acceptors (Lipinski definition) is 4. The van der Waals surface area contributed by atoms with Gasteiger partial charge >= 0.3 is 0 Å². The molecular weight excluding hydrogens is 450 g/mol. The zero-order valence-corrected chi connectivity index (χ0v) is 19.9. The second kappa shape index (κ2) is 11.2. The Bertz CT molecular complexity index is 1310. The maximum absolute atomic E-state index is 12.5. The number of halogens is 1. The van der Waals surface area contributed by atoms with Crippen molar-refractivity contribution in [3.8, 4) is 11.8 Å². The molecule has 0 fully saturated rings. The quantitative estimate of drug-likeness (QED) is 0.333. The Balaban J connectivity index is 1.64. The molecule has 6 nitrogen and oxygen atoms in total. The maximum atomic E-state index is 12.5. The van der Waals surface area contributed by atoms with E-state index < -0.39 is 5.91 Å². The molecule has 7 heteroatoms. The summed E-state index contributed by atoms with van der Waals surface area (Å²) in [6, 6.07) is 19.8. The van der Waals surface area contributed by atoms with E-state index in [4.69, 9.17) is 16.3 Å². The van der Waals surface area contributed by atoms with Crippen LogP contribution in [0, 0.1) is 32.1 Å². The lowest BCUT2D eigenvalue weighted by atomic mass is 10.1. The van der Waals surface area contributed by atoms with Crippen molar-refractivity contribution in [1.82, 2.24) is 0 Å². The van der Waals surface area contributed by atoms with Crippen molar-refractivity contribution >= 4 is 40.9 Å². The molecule has 0 heterocycles. The van der Waals surface area contributed by atoms with Gasteiger partial charge in [0.1, 0.15) is 17.4 Å². The zero-order chi connectivity index (χ0) is 24.7. The zero-order valence-electron chi connectivity index (χ0n) is 19.1. The topological polar surface area (TPSA) is 91.2 Å². The lowest BCUT2D eigenvalue weighted by Crippen LogP contribution is -2.20. The van der Waals surface area contributed by atoms with Crippen molar-refractivity contribution < 1.29 is 14.3 Å². The Morgan fingerprint density at radius 2 is 1.76 bits per heavy atom. The van der Waals surface area contributed by atoms with Gasteiger partial charge in [0.25, 0.3) is 11.8 Å². The Morgan fingerprint density at radius 1 is 1.00 bits per heavy atom.